The van der Waals surface area contributed by atoms with Crippen LogP contribution in [0.3, 0.4) is 0 Å². The summed E-state index contributed by atoms with van der Waals surface area (Å²) < 4.78 is 0. The molecule has 32 heavy (non-hydrogen) atoms. The molecule has 3 rings (SSSR count). The first-order chi connectivity index (χ1) is 15.4. The monoisotopic (exact) mass is 461 g/mol. The van der Waals surface area contributed by atoms with Gasteiger partial charge in [-0.2, -0.15) is 0 Å². The number of unbranched alkanes of at least 4 members (excludes halogenated alkanes) is 3. The average molecular weight is 462 g/mol. The lowest BCUT2D eigenvalue weighted by Crippen LogP contribution is -2.47. The summed E-state index contributed by atoms with van der Waals surface area (Å²) >= 11 is 6.02. The number of imide groups is 1. The standard InChI is InChI=1S/C26H40ClN3O2/c1-2-14-29(17-11-21-9-10-22(27)23(28)18-21)15-7-3-4-8-16-30-24(31)19-26(20-25(30)32)12-5-6-13-26/h9-10,18H,2-8,11-17,19-20,28H2,1H3. The zero-order valence-electron chi connectivity index (χ0n) is 19.7. The molecule has 0 atom stereocenters. The van der Waals surface area contributed by atoms with E-state index in [2.05, 4.69) is 17.9 Å². The van der Waals surface area contributed by atoms with Gasteiger partial charge in [0.15, 0.2) is 0 Å². The molecular weight excluding hydrogens is 422 g/mol. The van der Waals surface area contributed by atoms with E-state index >= 15 is 0 Å². The molecule has 0 unspecified atom stereocenters. The van der Waals surface area contributed by atoms with Crippen LogP contribution in [0.4, 0.5) is 5.69 Å². The number of benzene rings is 1. The van der Waals surface area contributed by atoms with Gasteiger partial charge >= 0.3 is 0 Å². The Hall–Kier alpha value is -1.59. The molecule has 6 heteroatoms. The van der Waals surface area contributed by atoms with Gasteiger partial charge in [-0.1, -0.05) is 50.3 Å². The summed E-state index contributed by atoms with van der Waals surface area (Å²) in [5.41, 5.74) is 7.80. The van der Waals surface area contributed by atoms with Crippen LogP contribution in [0.2, 0.25) is 5.02 Å². The van der Waals surface area contributed by atoms with Crippen LogP contribution in [0.5, 0.6) is 0 Å². The van der Waals surface area contributed by atoms with E-state index in [0.717, 1.165) is 71.0 Å². The normalized spacial score (nSPS) is 18.3. The summed E-state index contributed by atoms with van der Waals surface area (Å²) in [5, 5.41) is 0.616. The van der Waals surface area contributed by atoms with Crippen LogP contribution in [-0.2, 0) is 16.0 Å². The number of carbonyl (C=O) groups is 2. The molecule has 0 aromatic heterocycles. The summed E-state index contributed by atoms with van der Waals surface area (Å²) in [5.74, 6) is 0.139. The zero-order valence-corrected chi connectivity index (χ0v) is 20.5. The van der Waals surface area contributed by atoms with Gasteiger partial charge in [-0.25, -0.2) is 0 Å². The number of nitrogens with zero attached hydrogens (tertiary/aromatic N) is 2. The Morgan fingerprint density at radius 3 is 2.34 bits per heavy atom. The van der Waals surface area contributed by atoms with Gasteiger partial charge in [0, 0.05) is 25.9 Å². The fourth-order valence-corrected chi connectivity index (χ4v) is 5.53. The molecule has 178 valence electrons. The number of likely N-dealkylation sites (tertiary alicyclic amines) is 1. The SMILES string of the molecule is CCCN(CCCCCCN1C(=O)CC2(CCCC2)CC1=O)CCc1ccc(Cl)c(N)c1. The van der Waals surface area contributed by atoms with E-state index in [4.69, 9.17) is 17.3 Å². The molecule has 1 aliphatic heterocycles. The Labute approximate surface area is 198 Å². The lowest BCUT2D eigenvalue weighted by atomic mass is 9.76. The average Bonchev–Trinajstić information content (AvgIpc) is 3.19. The quantitative estimate of drug-likeness (QED) is 0.255. The van der Waals surface area contributed by atoms with Crippen LogP contribution in [-0.4, -0.2) is 47.8 Å². The van der Waals surface area contributed by atoms with E-state index in [1.807, 2.05) is 12.1 Å². The second-order valence-electron chi connectivity index (χ2n) is 9.86. The van der Waals surface area contributed by atoms with Gasteiger partial charge in [0.1, 0.15) is 0 Å². The van der Waals surface area contributed by atoms with E-state index in [1.54, 1.807) is 4.90 Å². The summed E-state index contributed by atoms with van der Waals surface area (Å²) in [4.78, 5) is 29.2. The highest BCUT2D eigenvalue weighted by Gasteiger charge is 2.44. The maximum Gasteiger partial charge on any atom is 0.229 e. The van der Waals surface area contributed by atoms with Crippen molar-refractivity contribution < 1.29 is 9.59 Å². The number of hydrogen-bond acceptors (Lipinski definition) is 4. The van der Waals surface area contributed by atoms with Crippen LogP contribution >= 0.6 is 11.6 Å². The third-order valence-corrected chi connectivity index (χ3v) is 7.59. The Balaban J connectivity index is 1.32. The molecular formula is C26H40ClN3O2. The van der Waals surface area contributed by atoms with E-state index in [1.165, 1.54) is 18.4 Å². The predicted octanol–water partition coefficient (Wildman–Crippen LogP) is 5.45. The lowest BCUT2D eigenvalue weighted by molar-refractivity contribution is -0.153. The third kappa shape index (κ3) is 6.95. The van der Waals surface area contributed by atoms with Gasteiger partial charge in [0.05, 0.1) is 10.7 Å². The molecule has 5 nitrogen and oxygen atoms in total. The molecule has 2 aliphatic rings. The fourth-order valence-electron chi connectivity index (χ4n) is 5.41. The maximum atomic E-state index is 12.6. The van der Waals surface area contributed by atoms with Crippen LogP contribution in [0.15, 0.2) is 18.2 Å². The Bertz CT molecular complexity index is 756. The van der Waals surface area contributed by atoms with Gasteiger partial charge in [0.25, 0.3) is 0 Å². The van der Waals surface area contributed by atoms with Crippen molar-refractivity contribution in [3.05, 3.63) is 28.8 Å². The van der Waals surface area contributed by atoms with Crippen molar-refractivity contribution in [2.45, 2.75) is 84.0 Å². The number of amides is 2. The number of nitrogen functional groups attached to an aromatic ring is 1. The Morgan fingerprint density at radius 1 is 1.00 bits per heavy atom. The molecule has 1 aliphatic carbocycles. The number of halogens is 1. The summed E-state index contributed by atoms with van der Waals surface area (Å²) in [6.07, 6.45) is 12.0. The molecule has 0 radical (unpaired) electrons. The highest BCUT2D eigenvalue weighted by molar-refractivity contribution is 6.33. The van der Waals surface area contributed by atoms with Crippen LogP contribution in [0.25, 0.3) is 0 Å². The van der Waals surface area contributed by atoms with Gasteiger partial charge < -0.3 is 10.6 Å². The highest BCUT2D eigenvalue weighted by atomic mass is 35.5. The molecule has 0 bridgehead atoms. The molecule has 1 spiro atoms. The van der Waals surface area contributed by atoms with E-state index in [0.29, 0.717) is 30.1 Å². The summed E-state index contributed by atoms with van der Waals surface area (Å²) in [7, 11) is 0. The van der Waals surface area contributed by atoms with Crippen molar-refractivity contribution in [3.8, 4) is 0 Å². The number of rotatable bonds is 12. The van der Waals surface area contributed by atoms with Gasteiger partial charge in [-0.15, -0.1) is 0 Å². The smallest absolute Gasteiger partial charge is 0.229 e. The van der Waals surface area contributed by atoms with Gasteiger partial charge in [0.2, 0.25) is 11.8 Å². The molecule has 2 fully saturated rings. The third-order valence-electron chi connectivity index (χ3n) is 7.24. The van der Waals surface area contributed by atoms with Crippen LogP contribution in [0.1, 0.15) is 83.1 Å². The minimum Gasteiger partial charge on any atom is -0.398 e. The lowest BCUT2D eigenvalue weighted by Gasteiger charge is -2.37. The van der Waals surface area contributed by atoms with Gasteiger partial charge in [-0.05, 0) is 74.7 Å². The Morgan fingerprint density at radius 2 is 1.69 bits per heavy atom. The van der Waals surface area contributed by atoms with Crippen molar-refractivity contribution in [1.29, 1.82) is 0 Å². The first kappa shape index (κ1) is 25.0. The highest BCUT2D eigenvalue weighted by Crippen LogP contribution is 2.46. The number of carbonyl (C=O) groups excluding carboxylic acids is 2. The minimum absolute atomic E-state index is 0.00509. The largest absolute Gasteiger partial charge is 0.398 e. The second-order valence-corrected chi connectivity index (χ2v) is 10.3. The molecule has 1 saturated heterocycles. The van der Waals surface area contributed by atoms with E-state index < -0.39 is 0 Å². The van der Waals surface area contributed by atoms with Gasteiger partial charge in [-0.3, -0.25) is 14.5 Å². The van der Waals surface area contributed by atoms with E-state index in [9.17, 15) is 9.59 Å². The molecule has 1 aromatic carbocycles. The predicted molar refractivity (Wildman–Crippen MR) is 132 cm³/mol. The topological polar surface area (TPSA) is 66.6 Å². The maximum absolute atomic E-state index is 12.6. The zero-order chi connectivity index (χ0) is 23.0. The molecule has 1 heterocycles. The van der Waals surface area contributed by atoms with Crippen molar-refractivity contribution >= 4 is 29.1 Å². The molecule has 2 amide bonds. The minimum atomic E-state index is 0.00509. The first-order valence-electron chi connectivity index (χ1n) is 12.5. The van der Waals surface area contributed by atoms with Crippen molar-refractivity contribution in [2.24, 2.45) is 5.41 Å². The van der Waals surface area contributed by atoms with Crippen molar-refractivity contribution in [3.63, 3.8) is 0 Å². The molecule has 2 N–H and O–H groups in total. The molecule has 1 saturated carbocycles. The van der Waals surface area contributed by atoms with Crippen LogP contribution in [0, 0.1) is 5.41 Å². The number of hydrogen-bond donors (Lipinski definition) is 1. The summed E-state index contributed by atoms with van der Waals surface area (Å²) in [6.45, 7) is 6.02. The number of piperidine rings is 1. The summed E-state index contributed by atoms with van der Waals surface area (Å²) in [6, 6.07) is 5.91. The van der Waals surface area contributed by atoms with Crippen LogP contribution < -0.4 is 5.73 Å². The Kier molecular flexibility index (Phi) is 9.42. The fraction of sp³-hybridized carbons (Fsp3) is 0.692. The number of nitrogens with two attached hydrogens (primary N) is 1. The van der Waals surface area contributed by atoms with Crippen molar-refractivity contribution in [1.82, 2.24) is 9.80 Å². The first-order valence-corrected chi connectivity index (χ1v) is 12.9. The second kappa shape index (κ2) is 12.0. The number of anilines is 1. The van der Waals surface area contributed by atoms with Crippen molar-refractivity contribution in [2.75, 3.05) is 31.9 Å². The van der Waals surface area contributed by atoms with E-state index in [-0.39, 0.29) is 17.2 Å². The molecule has 1 aromatic rings.